The van der Waals surface area contributed by atoms with Crippen LogP contribution in [0.25, 0.3) is 0 Å². The second kappa shape index (κ2) is 9.27. The number of carbonyl (C=O) groups excluding carboxylic acids is 2. The zero-order valence-electron chi connectivity index (χ0n) is 16.5. The lowest BCUT2D eigenvalue weighted by Gasteiger charge is -2.16. The van der Waals surface area contributed by atoms with Crippen molar-refractivity contribution >= 4 is 23.5 Å². The number of ether oxygens (including phenoxy) is 2. The van der Waals surface area contributed by atoms with E-state index in [0.29, 0.717) is 23.2 Å². The molecule has 10 heteroatoms. The molecule has 0 aliphatic carbocycles. The predicted molar refractivity (Wildman–Crippen MR) is 110 cm³/mol. The molecule has 164 valence electrons. The van der Waals surface area contributed by atoms with Gasteiger partial charge in [0.05, 0.1) is 5.56 Å². The van der Waals surface area contributed by atoms with Gasteiger partial charge in [-0.25, -0.2) is 18.6 Å². The SMILES string of the molecule is O=C(Oc1ccc2c(c1)C(=O)N(Cc1cnc(OCC(F)F)c(Cl)c1)C2)c1ccncc1. The van der Waals surface area contributed by atoms with Crippen molar-refractivity contribution < 1.29 is 27.8 Å². The Bertz CT molecular complexity index is 1160. The van der Waals surface area contributed by atoms with Gasteiger partial charge in [-0.2, -0.15) is 0 Å². The molecule has 1 aliphatic heterocycles. The van der Waals surface area contributed by atoms with E-state index in [4.69, 9.17) is 21.1 Å². The first-order valence-corrected chi connectivity index (χ1v) is 9.88. The van der Waals surface area contributed by atoms with Crippen LogP contribution in [0.15, 0.2) is 55.0 Å². The van der Waals surface area contributed by atoms with Gasteiger partial charge in [0.15, 0.2) is 6.61 Å². The number of amides is 1. The summed E-state index contributed by atoms with van der Waals surface area (Å²) in [6, 6.07) is 9.48. The molecule has 3 aromatic rings. The Hall–Kier alpha value is -3.59. The molecule has 3 heterocycles. The van der Waals surface area contributed by atoms with Crippen molar-refractivity contribution in [1.29, 1.82) is 0 Å². The quantitative estimate of drug-likeness (QED) is 0.390. The van der Waals surface area contributed by atoms with Gasteiger partial charge in [0.25, 0.3) is 12.3 Å². The number of carbonyl (C=O) groups is 2. The largest absolute Gasteiger partial charge is 0.471 e. The lowest BCUT2D eigenvalue weighted by molar-refractivity contribution is 0.0728. The van der Waals surface area contributed by atoms with Gasteiger partial charge < -0.3 is 14.4 Å². The number of esters is 1. The van der Waals surface area contributed by atoms with E-state index in [1.165, 1.54) is 42.9 Å². The van der Waals surface area contributed by atoms with Crippen LogP contribution in [0.1, 0.15) is 31.8 Å². The van der Waals surface area contributed by atoms with Crippen LogP contribution < -0.4 is 9.47 Å². The summed E-state index contributed by atoms with van der Waals surface area (Å²) in [6.45, 7) is -0.241. The topological polar surface area (TPSA) is 81.6 Å². The molecule has 32 heavy (non-hydrogen) atoms. The summed E-state index contributed by atoms with van der Waals surface area (Å²) < 4.78 is 34.8. The first-order valence-electron chi connectivity index (χ1n) is 9.50. The van der Waals surface area contributed by atoms with Crippen molar-refractivity contribution in [3.63, 3.8) is 0 Å². The Morgan fingerprint density at radius 3 is 2.69 bits per heavy atom. The smallest absolute Gasteiger partial charge is 0.343 e. The fraction of sp³-hybridized carbons (Fsp3) is 0.182. The van der Waals surface area contributed by atoms with Gasteiger partial charge in [0, 0.05) is 37.2 Å². The first kappa shape index (κ1) is 21.6. The minimum absolute atomic E-state index is 0.0811. The molecule has 0 atom stereocenters. The Labute approximate surface area is 186 Å². The van der Waals surface area contributed by atoms with Gasteiger partial charge in [-0.15, -0.1) is 0 Å². The number of alkyl halides is 2. The monoisotopic (exact) mass is 459 g/mol. The van der Waals surface area contributed by atoms with Gasteiger partial charge in [0.2, 0.25) is 5.88 Å². The van der Waals surface area contributed by atoms with Crippen LogP contribution >= 0.6 is 11.6 Å². The van der Waals surface area contributed by atoms with Crippen molar-refractivity contribution in [2.24, 2.45) is 0 Å². The molecule has 1 aliphatic rings. The highest BCUT2D eigenvalue weighted by molar-refractivity contribution is 6.31. The summed E-state index contributed by atoms with van der Waals surface area (Å²) >= 11 is 6.06. The number of hydrogen-bond donors (Lipinski definition) is 0. The molecule has 2 aromatic heterocycles. The van der Waals surface area contributed by atoms with Gasteiger partial charge in [-0.1, -0.05) is 17.7 Å². The average Bonchev–Trinajstić information content (AvgIpc) is 3.08. The Balaban J connectivity index is 1.43. The molecule has 7 nitrogen and oxygen atoms in total. The summed E-state index contributed by atoms with van der Waals surface area (Å²) in [5, 5.41) is 0.0811. The van der Waals surface area contributed by atoms with Crippen LogP contribution in [-0.2, 0) is 13.1 Å². The minimum Gasteiger partial charge on any atom is -0.471 e. The molecule has 0 radical (unpaired) electrons. The lowest BCUT2D eigenvalue weighted by atomic mass is 10.1. The highest BCUT2D eigenvalue weighted by Crippen LogP contribution is 2.30. The van der Waals surface area contributed by atoms with Gasteiger partial charge in [-0.05, 0) is 41.5 Å². The zero-order chi connectivity index (χ0) is 22.7. The second-order valence-electron chi connectivity index (χ2n) is 6.94. The standard InChI is InChI=1S/C22H16ClF2N3O4/c23-18-7-13(9-27-20(18)31-12-19(24)25)10-28-11-15-1-2-16(8-17(15)21(28)29)32-22(30)14-3-5-26-6-4-14/h1-9,19H,10-12H2. The number of halogens is 3. The third kappa shape index (κ3) is 4.83. The van der Waals surface area contributed by atoms with Crippen LogP contribution in [0.2, 0.25) is 5.02 Å². The number of nitrogens with zero attached hydrogens (tertiary/aromatic N) is 3. The van der Waals surface area contributed by atoms with Crippen LogP contribution in [0.5, 0.6) is 11.6 Å². The molecule has 1 amide bonds. The predicted octanol–water partition coefficient (Wildman–Crippen LogP) is 4.15. The van der Waals surface area contributed by atoms with Crippen molar-refractivity contribution in [3.8, 4) is 11.6 Å². The highest BCUT2D eigenvalue weighted by atomic mass is 35.5. The van der Waals surface area contributed by atoms with E-state index in [2.05, 4.69) is 9.97 Å². The number of aromatic nitrogens is 2. The molecule has 0 saturated heterocycles. The Kier molecular flexibility index (Phi) is 6.27. The van der Waals surface area contributed by atoms with E-state index in [-0.39, 0.29) is 29.1 Å². The van der Waals surface area contributed by atoms with Gasteiger partial charge in [-0.3, -0.25) is 9.78 Å². The average molecular weight is 460 g/mol. The van der Waals surface area contributed by atoms with Gasteiger partial charge >= 0.3 is 5.97 Å². The maximum Gasteiger partial charge on any atom is 0.343 e. The van der Waals surface area contributed by atoms with Crippen molar-refractivity contribution in [1.82, 2.24) is 14.9 Å². The normalized spacial score (nSPS) is 12.8. The van der Waals surface area contributed by atoms with Crippen LogP contribution in [0.4, 0.5) is 8.78 Å². The highest BCUT2D eigenvalue weighted by Gasteiger charge is 2.28. The zero-order valence-corrected chi connectivity index (χ0v) is 17.3. The summed E-state index contributed by atoms with van der Waals surface area (Å²) in [5.41, 5.74) is 2.18. The van der Waals surface area contributed by atoms with Crippen LogP contribution in [0, 0.1) is 0 Å². The van der Waals surface area contributed by atoms with Crippen LogP contribution in [-0.4, -0.2) is 39.8 Å². The number of fused-ring (bicyclic) bond motifs is 1. The summed E-state index contributed by atoms with van der Waals surface area (Å²) in [4.78, 5) is 34.5. The number of hydrogen-bond acceptors (Lipinski definition) is 6. The van der Waals surface area contributed by atoms with Crippen molar-refractivity contribution in [2.75, 3.05) is 6.61 Å². The van der Waals surface area contributed by atoms with E-state index in [0.717, 1.165) is 5.56 Å². The fourth-order valence-electron chi connectivity index (χ4n) is 3.21. The first-order chi connectivity index (χ1) is 15.4. The van der Waals surface area contributed by atoms with Crippen molar-refractivity contribution in [3.05, 3.63) is 82.3 Å². The molecular weight excluding hydrogens is 444 g/mol. The molecule has 0 spiro atoms. The Morgan fingerprint density at radius 2 is 1.97 bits per heavy atom. The number of pyridine rings is 2. The maximum atomic E-state index is 12.9. The summed E-state index contributed by atoms with van der Waals surface area (Å²) in [7, 11) is 0. The molecule has 0 saturated carbocycles. The number of benzene rings is 1. The van der Waals surface area contributed by atoms with E-state index >= 15 is 0 Å². The van der Waals surface area contributed by atoms with Gasteiger partial charge in [0.1, 0.15) is 10.8 Å². The summed E-state index contributed by atoms with van der Waals surface area (Å²) in [6.07, 6.45) is 1.76. The van der Waals surface area contributed by atoms with Crippen molar-refractivity contribution in [2.45, 2.75) is 19.5 Å². The summed E-state index contributed by atoms with van der Waals surface area (Å²) in [5.74, 6) is -0.626. The molecule has 4 rings (SSSR count). The number of rotatable bonds is 7. The van der Waals surface area contributed by atoms with E-state index < -0.39 is 19.0 Å². The van der Waals surface area contributed by atoms with E-state index in [1.54, 1.807) is 17.0 Å². The molecule has 0 N–H and O–H groups in total. The van der Waals surface area contributed by atoms with Crippen LogP contribution in [0.3, 0.4) is 0 Å². The fourth-order valence-corrected chi connectivity index (χ4v) is 3.45. The molecule has 0 unspecified atom stereocenters. The second-order valence-corrected chi connectivity index (χ2v) is 7.35. The molecular formula is C22H16ClF2N3O4. The third-order valence-corrected chi connectivity index (χ3v) is 4.94. The lowest BCUT2D eigenvalue weighted by Crippen LogP contribution is -2.23. The third-order valence-electron chi connectivity index (χ3n) is 4.67. The molecule has 0 fully saturated rings. The molecule has 1 aromatic carbocycles. The van der Waals surface area contributed by atoms with E-state index in [9.17, 15) is 18.4 Å². The van der Waals surface area contributed by atoms with E-state index in [1.807, 2.05) is 0 Å². The molecule has 0 bridgehead atoms. The Morgan fingerprint density at radius 1 is 1.19 bits per heavy atom. The minimum atomic E-state index is -2.64. The maximum absolute atomic E-state index is 12.9.